The molecule has 5 amide bonds. The summed E-state index contributed by atoms with van der Waals surface area (Å²) >= 11 is 0. The molecule has 0 bridgehead atoms. The van der Waals surface area contributed by atoms with E-state index in [1.54, 1.807) is 43.9 Å². The third-order valence-corrected chi connectivity index (χ3v) is 17.9. The molecule has 4 aromatic carbocycles. The number of carbonyl (C=O) groups is 6. The highest BCUT2D eigenvalue weighted by Gasteiger charge is 2.45. The van der Waals surface area contributed by atoms with Crippen LogP contribution in [0.2, 0.25) is 0 Å². The predicted octanol–water partition coefficient (Wildman–Crippen LogP) is 9.57. The molecule has 2 heterocycles. The second-order valence-electron chi connectivity index (χ2n) is 23.6. The zero-order valence-corrected chi connectivity index (χ0v) is 47.4. The fourth-order valence-corrected chi connectivity index (χ4v) is 12.6. The molecule has 0 spiro atoms. The lowest BCUT2D eigenvalue weighted by molar-refractivity contribution is -0.143. The van der Waals surface area contributed by atoms with Crippen LogP contribution in [-0.2, 0) is 32.0 Å². The van der Waals surface area contributed by atoms with Crippen molar-refractivity contribution in [3.05, 3.63) is 131 Å². The molecule has 13 nitrogen and oxygen atoms in total. The summed E-state index contributed by atoms with van der Waals surface area (Å²) in [5.74, 6) is -1.47. The van der Waals surface area contributed by atoms with E-state index in [1.165, 1.54) is 0 Å². The molecule has 0 radical (unpaired) electrons. The number of nitrogens with one attached hydrogen (secondary N) is 1. The van der Waals surface area contributed by atoms with Crippen LogP contribution < -0.4 is 5.32 Å². The van der Waals surface area contributed by atoms with E-state index in [-0.39, 0.29) is 78.5 Å². The van der Waals surface area contributed by atoms with Gasteiger partial charge in [0, 0.05) is 74.6 Å². The van der Waals surface area contributed by atoms with Crippen LogP contribution in [0.5, 0.6) is 0 Å². The van der Waals surface area contributed by atoms with Gasteiger partial charge in [-0.25, -0.2) is 0 Å². The van der Waals surface area contributed by atoms with E-state index >= 15 is 0 Å². The van der Waals surface area contributed by atoms with Crippen molar-refractivity contribution in [2.75, 3.05) is 39.3 Å². The summed E-state index contributed by atoms with van der Waals surface area (Å²) in [7, 11) is 0. The average Bonchev–Trinajstić information content (AvgIpc) is 4.16. The van der Waals surface area contributed by atoms with Gasteiger partial charge < -0.3 is 35.1 Å². The molecule has 79 heavy (non-hydrogen) atoms. The number of hydrogen-bond acceptors (Lipinski definition) is 8. The molecule has 0 aromatic heterocycles. The molecule has 4 aromatic rings. The van der Waals surface area contributed by atoms with Crippen LogP contribution >= 0.6 is 0 Å². The van der Waals surface area contributed by atoms with E-state index < -0.39 is 36.3 Å². The Bertz CT molecular complexity index is 2630. The molecule has 424 valence electrons. The van der Waals surface area contributed by atoms with Gasteiger partial charge in [-0.15, -0.1) is 0 Å². The van der Waals surface area contributed by atoms with Gasteiger partial charge in [0.25, 0.3) is 11.8 Å². The lowest BCUT2D eigenvalue weighted by atomic mass is 9.76. The Morgan fingerprint density at radius 2 is 0.987 bits per heavy atom. The number of amides is 5. The lowest BCUT2D eigenvalue weighted by Crippen LogP contribution is -2.57. The summed E-state index contributed by atoms with van der Waals surface area (Å²) in [4.78, 5) is 92.3. The van der Waals surface area contributed by atoms with Gasteiger partial charge in [-0.05, 0) is 116 Å². The number of likely N-dealkylation sites (tertiary alicyclic amines) is 2. The zero-order valence-electron chi connectivity index (χ0n) is 47.4. The van der Waals surface area contributed by atoms with E-state index in [1.807, 2.05) is 113 Å². The molecule has 8 rings (SSSR count). The zero-order chi connectivity index (χ0) is 56.0. The van der Waals surface area contributed by atoms with Crippen LogP contribution in [0.4, 0.5) is 0 Å². The number of carbonyl (C=O) groups excluding carboxylic acids is 6. The van der Waals surface area contributed by atoms with Crippen LogP contribution in [0, 0.1) is 29.6 Å². The lowest BCUT2D eigenvalue weighted by Gasteiger charge is -2.37. The van der Waals surface area contributed by atoms with Crippen LogP contribution in [0.3, 0.4) is 0 Å². The van der Waals surface area contributed by atoms with E-state index in [9.17, 15) is 39.0 Å². The van der Waals surface area contributed by atoms with Crippen molar-refractivity contribution < 1.29 is 39.0 Å². The largest absolute Gasteiger partial charge is 0.391 e. The first-order valence-corrected chi connectivity index (χ1v) is 29.9. The van der Waals surface area contributed by atoms with E-state index in [4.69, 9.17) is 0 Å². The van der Waals surface area contributed by atoms with Gasteiger partial charge in [-0.2, -0.15) is 0 Å². The highest BCUT2D eigenvalue weighted by Crippen LogP contribution is 2.36. The smallest absolute Gasteiger partial charge is 0.253 e. The fraction of sp³-hybridized carbons (Fsp3) is 0.545. The minimum Gasteiger partial charge on any atom is -0.391 e. The van der Waals surface area contributed by atoms with Gasteiger partial charge in [-0.1, -0.05) is 151 Å². The molecule has 7 atom stereocenters. The van der Waals surface area contributed by atoms with E-state index in [2.05, 4.69) is 5.32 Å². The van der Waals surface area contributed by atoms with Crippen molar-refractivity contribution in [2.45, 2.75) is 161 Å². The number of aliphatic hydroxyl groups is 2. The van der Waals surface area contributed by atoms with Crippen molar-refractivity contribution in [1.82, 2.24) is 24.9 Å². The molecule has 2 aliphatic carbocycles. The first kappa shape index (κ1) is 59.0. The number of rotatable bonds is 23. The van der Waals surface area contributed by atoms with Gasteiger partial charge in [0.2, 0.25) is 17.7 Å². The predicted molar refractivity (Wildman–Crippen MR) is 309 cm³/mol. The van der Waals surface area contributed by atoms with Gasteiger partial charge >= 0.3 is 0 Å². The third kappa shape index (κ3) is 15.2. The Morgan fingerprint density at radius 3 is 1.42 bits per heavy atom. The maximum absolute atomic E-state index is 14.7. The normalized spacial score (nSPS) is 21.1. The quantitative estimate of drug-likeness (QED) is 0.0660. The van der Waals surface area contributed by atoms with Gasteiger partial charge in [0.1, 0.15) is 11.8 Å². The molecule has 13 heteroatoms. The van der Waals surface area contributed by atoms with E-state index in [0.717, 1.165) is 86.5 Å². The number of ketones is 1. The van der Waals surface area contributed by atoms with Gasteiger partial charge in [0.15, 0.2) is 0 Å². The fourth-order valence-electron chi connectivity index (χ4n) is 12.6. The Balaban J connectivity index is 0.989. The number of benzene rings is 4. The molecular formula is C66H87N5O8. The van der Waals surface area contributed by atoms with Gasteiger partial charge in [0.05, 0.1) is 24.3 Å². The maximum atomic E-state index is 14.7. The minimum absolute atomic E-state index is 0.0121. The third-order valence-electron chi connectivity index (χ3n) is 17.9. The van der Waals surface area contributed by atoms with Crippen molar-refractivity contribution in [1.29, 1.82) is 0 Å². The molecule has 4 fully saturated rings. The monoisotopic (exact) mass is 1080 g/mol. The Morgan fingerprint density at radius 1 is 0.557 bits per heavy atom. The number of hydrogen-bond donors (Lipinski definition) is 3. The second kappa shape index (κ2) is 28.3. The molecule has 2 aliphatic heterocycles. The van der Waals surface area contributed by atoms with Gasteiger partial charge in [-0.3, -0.25) is 28.8 Å². The highest BCUT2D eigenvalue weighted by molar-refractivity contribution is 5.96. The van der Waals surface area contributed by atoms with E-state index in [0.29, 0.717) is 69.4 Å². The molecule has 2 saturated carbocycles. The summed E-state index contributed by atoms with van der Waals surface area (Å²) in [5.41, 5.74) is 4.74. The van der Waals surface area contributed by atoms with Crippen LogP contribution in [0.1, 0.15) is 149 Å². The molecule has 0 unspecified atom stereocenters. The first-order chi connectivity index (χ1) is 38.2. The summed E-state index contributed by atoms with van der Waals surface area (Å²) in [6, 6.07) is 32.7. The summed E-state index contributed by atoms with van der Waals surface area (Å²) < 4.78 is 0. The number of nitrogens with zero attached hydrogens (tertiary/aromatic N) is 4. The van der Waals surface area contributed by atoms with Crippen molar-refractivity contribution >= 4 is 35.3 Å². The van der Waals surface area contributed by atoms with Crippen LogP contribution in [0.15, 0.2) is 109 Å². The standard InChI is InChI=1S/C66H87N5O8/c1-5-46(4)62(75)67-61(52-24-16-9-17-25-52)66(79)71-41-37-59(73)57(71)44-69(39-35-48-20-12-7-13-21-48)64(77)54-32-28-50(29-33-54)49-26-30-53(31-27-49)63(76)68(38-34-47-18-10-6-11-19-47)43-56-58(72)36-40-70(56)65(78)55(42-60(74)45(2)3)51-22-14-8-15-23-51/h6-7,10-13,18-21,26-33,45-46,51-52,55-59,61,72-73H,5,8-9,14-17,22-25,34-44H2,1-4H3,(H,67,75)/t46-,55+,56-,57-,58+,59+,61+/m1/s1. The highest BCUT2D eigenvalue weighted by atomic mass is 16.3. The van der Waals surface area contributed by atoms with Crippen LogP contribution in [-0.4, -0.2) is 135 Å². The summed E-state index contributed by atoms with van der Waals surface area (Å²) in [6.07, 6.45) is 11.0. The van der Waals surface area contributed by atoms with Crippen molar-refractivity contribution in [3.63, 3.8) is 0 Å². The summed E-state index contributed by atoms with van der Waals surface area (Å²) in [5, 5.41) is 26.2. The minimum atomic E-state index is -0.842. The molecule has 2 saturated heterocycles. The maximum Gasteiger partial charge on any atom is 0.253 e. The number of aliphatic hydroxyl groups excluding tert-OH is 2. The second-order valence-corrected chi connectivity index (χ2v) is 23.6. The Kier molecular flexibility index (Phi) is 21.1. The first-order valence-electron chi connectivity index (χ1n) is 29.9. The molecule has 4 aliphatic rings. The molecular weight excluding hydrogens is 991 g/mol. The molecule has 3 N–H and O–H groups in total. The Labute approximate surface area is 469 Å². The van der Waals surface area contributed by atoms with Crippen molar-refractivity contribution in [3.8, 4) is 11.1 Å². The average molecular weight is 1080 g/mol. The van der Waals surface area contributed by atoms with Crippen LogP contribution in [0.25, 0.3) is 11.1 Å². The number of Topliss-reactive ketones (excluding diaryl/α,β-unsaturated/α-hetero) is 1. The van der Waals surface area contributed by atoms with Crippen molar-refractivity contribution in [2.24, 2.45) is 29.6 Å². The summed E-state index contributed by atoms with van der Waals surface area (Å²) in [6.45, 7) is 9.33. The Hall–Kier alpha value is -6.18. The SMILES string of the molecule is CC[C@@H](C)C(=O)N[C@H](C(=O)N1CC[C@H](O)[C@H]1CN(CCc1ccccc1)C(=O)c1ccc(-c2ccc(C(=O)N(CCc3ccccc3)C[C@@H]3[C@@H](O)CCN3C(=O)[C@@H](CC(=O)C(C)C)C3CCCCC3)cc2)cc1)C1CCCCC1. The topological polar surface area (TPSA) is 168 Å².